The van der Waals surface area contributed by atoms with Gasteiger partial charge in [0.15, 0.2) is 0 Å². The van der Waals surface area contributed by atoms with Crippen molar-refractivity contribution in [3.63, 3.8) is 0 Å². The van der Waals surface area contributed by atoms with Gasteiger partial charge in [-0.1, -0.05) is 143 Å². The van der Waals surface area contributed by atoms with Gasteiger partial charge < -0.3 is 43.8 Å². The van der Waals surface area contributed by atoms with E-state index in [2.05, 4.69) is 41.5 Å². The van der Waals surface area contributed by atoms with Crippen LogP contribution in [0.2, 0.25) is 0 Å². The van der Waals surface area contributed by atoms with E-state index in [0.717, 1.165) is 23.7 Å². The monoisotopic (exact) mass is 1220 g/mol. The van der Waals surface area contributed by atoms with Crippen molar-refractivity contribution in [3.05, 3.63) is 26.7 Å². The summed E-state index contributed by atoms with van der Waals surface area (Å²) in [4.78, 5) is 0. The van der Waals surface area contributed by atoms with Crippen LogP contribution in [-0.2, 0) is 34.1 Å². The minimum Gasteiger partial charge on any atom is 0 e. The molecule has 54 heavy (non-hydrogen) atoms. The first-order valence-electron chi connectivity index (χ1n) is 15.3. The normalized spacial score (nSPS) is 21.3. The van der Waals surface area contributed by atoms with Crippen molar-refractivity contribution < 1.29 is 85.7 Å². The Kier molecular flexibility index (Phi) is 96.1. The summed E-state index contributed by atoms with van der Waals surface area (Å²) >= 11 is -18.0. The summed E-state index contributed by atoms with van der Waals surface area (Å²) in [6.07, 6.45) is 23.4. The van der Waals surface area contributed by atoms with Gasteiger partial charge in [0.2, 0.25) is 0 Å². The molecule has 4 fully saturated rings. The Hall–Kier alpha value is 4.53. The summed E-state index contributed by atoms with van der Waals surface area (Å²) in [5, 5.41) is 0. The third-order valence-electron chi connectivity index (χ3n) is 6.90. The first kappa shape index (κ1) is 93.4. The van der Waals surface area contributed by atoms with Crippen LogP contribution in [0.5, 0.6) is 0 Å². The third kappa shape index (κ3) is 117. The van der Waals surface area contributed by atoms with Gasteiger partial charge in [-0.15, -0.1) is 0 Å². The van der Waals surface area contributed by atoms with E-state index in [1.165, 1.54) is 103 Å². The number of hydrogen-bond acceptors (Lipinski definition) is 0. The molecule has 0 spiro atoms. The molecule has 0 aromatic heterocycles. The zero-order chi connectivity index (χ0) is 36.3. The van der Waals surface area contributed by atoms with E-state index in [1.54, 1.807) is 11.8 Å². The molecule has 0 saturated heterocycles. The maximum atomic E-state index is 9.91. The average molecular weight is 1230 g/mol. The van der Waals surface area contributed by atoms with E-state index in [1.807, 2.05) is 0 Å². The van der Waals surface area contributed by atoms with Crippen LogP contribution in [-0.4, -0.2) is 82.4 Å². The summed E-state index contributed by atoms with van der Waals surface area (Å²) in [6.45, 7) is 14.0. The number of rotatable bonds is 0. The minimum absolute atomic E-state index is 0. The standard InChI is InChI=1S/2C9H17.2C5H10.2CH4.2CH3.Al.4ClH.F2.10FH.2Fe.Na.2Sb/c2*1-7-4-8(2)6-9(3)5-7;2*1-2-4-5-3-1;;;;;;;;;;1-2;;;;;;;;;;;;;;;/h2*7-8H,4-6H2,1-3H3;2*1-5H2;2*1H4;2*1H3;;4*1H;;10*1H;;;;;/q2*-1;;;;;2*-1;+3;;;;;;;;;;;;;;;;2*+3;;+4;+5/p-14. The molecule has 0 aromatic carbocycles. The molecule has 0 aliphatic heterocycles. The molecule has 4 unspecified atom stereocenters. The molecule has 4 saturated carbocycles. The summed E-state index contributed by atoms with van der Waals surface area (Å²) < 4.78 is 105. The molecule has 0 nitrogen and oxygen atoms in total. The average Bonchev–Trinajstić information content (AvgIpc) is 3.55. The fourth-order valence-electron chi connectivity index (χ4n) is 6.02. The van der Waals surface area contributed by atoms with Crippen LogP contribution in [0, 0.1) is 50.4 Å². The van der Waals surface area contributed by atoms with Crippen LogP contribution in [0.25, 0.3) is 0 Å². The van der Waals surface area contributed by atoms with Gasteiger partial charge in [0.1, 0.15) is 0 Å². The van der Waals surface area contributed by atoms with Crippen LogP contribution in [0.15, 0.2) is 0 Å². The second-order valence-corrected chi connectivity index (χ2v) is 24.7. The van der Waals surface area contributed by atoms with Crippen LogP contribution in [0.3, 0.4) is 0 Å². The fourth-order valence-corrected chi connectivity index (χ4v) is 6.02. The van der Waals surface area contributed by atoms with Crippen molar-refractivity contribution in [2.45, 2.75) is 159 Å². The Balaban J connectivity index is -0.0000000324. The van der Waals surface area contributed by atoms with Crippen molar-refractivity contribution >= 4 is 113 Å². The number of hydrogen-bond donors (Lipinski definition) is 0. The van der Waals surface area contributed by atoms with Crippen molar-refractivity contribution in [3.8, 4) is 0 Å². The molecule has 0 N–H and O–H groups in total. The molecule has 4 atom stereocenters. The van der Waals surface area contributed by atoms with Crippen molar-refractivity contribution in [1.29, 1.82) is 0 Å². The predicted molar refractivity (Wildman–Crippen MR) is 207 cm³/mol. The fraction of sp³-hybridized carbons (Fsp3) is 0.875. The Morgan fingerprint density at radius 3 is 0.704 bits per heavy atom. The van der Waals surface area contributed by atoms with Gasteiger partial charge in [-0.25, -0.2) is 30.1 Å². The molecular formula is C32H68AlCl4F12Fe2NaSb2. The summed E-state index contributed by atoms with van der Waals surface area (Å²) in [6, 6.07) is 0. The molecular weight excluding hydrogens is 1160 g/mol. The molecule has 4 rings (SSSR count). The van der Waals surface area contributed by atoms with Crippen molar-refractivity contribution in [2.24, 2.45) is 23.7 Å². The Labute approximate surface area is 402 Å². The molecule has 0 aromatic rings. The topological polar surface area (TPSA) is 0 Å². The predicted octanol–water partition coefficient (Wildman–Crippen LogP) is 11.3. The molecule has 22 heteroatoms. The van der Waals surface area contributed by atoms with Gasteiger partial charge in [0, 0.05) is 38.7 Å². The van der Waals surface area contributed by atoms with Gasteiger partial charge in [0.25, 0.3) is 0 Å². The second-order valence-electron chi connectivity index (χ2n) is 12.4. The molecule has 4 aliphatic carbocycles. The van der Waals surface area contributed by atoms with Crippen LogP contribution >= 0.6 is 30.1 Å². The molecule has 4 radical (unpaired) electrons. The van der Waals surface area contributed by atoms with Crippen LogP contribution < -0.4 is 17.1 Å². The molecule has 4 aliphatic rings. The minimum atomic E-state index is -9.19. The van der Waals surface area contributed by atoms with E-state index in [0.29, 0.717) is 0 Å². The Bertz CT molecular complexity index is 542. The largest absolute Gasteiger partial charge is 3.00 e. The van der Waals surface area contributed by atoms with Crippen molar-refractivity contribution in [1.82, 2.24) is 0 Å². The molecule has 0 amide bonds. The summed E-state index contributed by atoms with van der Waals surface area (Å²) in [5.41, 5.74) is 0. The van der Waals surface area contributed by atoms with Gasteiger partial charge in [0.05, 0.1) is 0 Å². The zero-order valence-corrected chi connectivity index (χ0v) is 45.3. The quantitative estimate of drug-likeness (QED) is 0.129. The number of halogens is 16. The second kappa shape index (κ2) is 55.5. The van der Waals surface area contributed by atoms with E-state index in [-0.39, 0.29) is 111 Å². The van der Waals surface area contributed by atoms with Gasteiger partial charge in [-0.2, -0.15) is 39.5 Å². The van der Waals surface area contributed by atoms with Crippen LogP contribution in [0.1, 0.15) is 159 Å². The maximum Gasteiger partial charge on any atom is 3.00 e. The van der Waals surface area contributed by atoms with Gasteiger partial charge in [-0.05, 0) is 0 Å². The van der Waals surface area contributed by atoms with Crippen molar-refractivity contribution in [2.75, 3.05) is 0 Å². The molecule has 0 heterocycles. The first-order chi connectivity index (χ1) is 20.3. The van der Waals surface area contributed by atoms with E-state index < -0.39 is 52.8 Å². The SMILES string of the molecule is C.C.C1CCCC1.C1CCCC1.C[C-]1CC(C)CC(C)C1.C[C-]1CC(C)CC(C)C1.FF.[CH3-].[CH3-].[Cl-].[Cl][Al]([Cl])[Cl].[F-].[F][Sb]([F])([F])([F])[F].[F][Sb]([F])([F])[F].[Fe+3].[Fe+3].[Na]. The molecule has 0 bridgehead atoms. The Morgan fingerprint density at radius 2 is 0.630 bits per heavy atom. The third-order valence-corrected chi connectivity index (χ3v) is 6.90. The van der Waals surface area contributed by atoms with E-state index in [4.69, 9.17) is 39.3 Å². The summed E-state index contributed by atoms with van der Waals surface area (Å²) in [7, 11) is 14.8. The summed E-state index contributed by atoms with van der Waals surface area (Å²) in [5.74, 6) is 7.23. The van der Waals surface area contributed by atoms with Gasteiger partial charge in [-0.3, -0.25) is 0 Å². The molecule has 338 valence electrons. The van der Waals surface area contributed by atoms with E-state index >= 15 is 0 Å². The van der Waals surface area contributed by atoms with Crippen LogP contribution in [0.4, 0.5) is 34.5 Å². The zero-order valence-electron chi connectivity index (χ0n) is 31.8. The maximum absolute atomic E-state index is 9.91. The smallest absolute Gasteiger partial charge is 0 e. The Morgan fingerprint density at radius 1 is 0.537 bits per heavy atom. The van der Waals surface area contributed by atoms with E-state index in [9.17, 15) is 25.3 Å². The van der Waals surface area contributed by atoms with Gasteiger partial charge >= 0.3 is 112 Å². The first-order valence-corrected chi connectivity index (χ1v) is 29.2.